The van der Waals surface area contributed by atoms with Crippen molar-refractivity contribution in [1.82, 2.24) is 0 Å². The highest BCUT2D eigenvalue weighted by atomic mass is 35.5. The predicted molar refractivity (Wildman–Crippen MR) is 69.2 cm³/mol. The molecule has 5 heteroatoms. The Morgan fingerprint density at radius 1 is 1.33 bits per heavy atom. The van der Waals surface area contributed by atoms with Gasteiger partial charge in [0.2, 0.25) is 0 Å². The molecule has 0 aliphatic carbocycles. The summed E-state index contributed by atoms with van der Waals surface area (Å²) in [4.78, 5) is 0. The number of halogens is 2. The molecule has 3 N–H and O–H groups in total. The van der Waals surface area contributed by atoms with Gasteiger partial charge in [-0.1, -0.05) is 41.0 Å². The van der Waals surface area contributed by atoms with Gasteiger partial charge < -0.3 is 5.73 Å². The van der Waals surface area contributed by atoms with E-state index in [9.17, 15) is 0 Å². The molecule has 0 amide bonds. The van der Waals surface area contributed by atoms with Gasteiger partial charge in [-0.15, -0.1) is 0 Å². The average molecular weight is 263 g/mol. The van der Waals surface area contributed by atoms with Crippen molar-refractivity contribution in [3.05, 3.63) is 33.8 Å². The summed E-state index contributed by atoms with van der Waals surface area (Å²) in [5.74, 6) is 0.857. The third kappa shape index (κ3) is 4.78. The number of rotatable bonds is 4. The van der Waals surface area contributed by atoms with E-state index in [4.69, 9.17) is 34.3 Å². The van der Waals surface area contributed by atoms with Crippen molar-refractivity contribution in [2.24, 2.45) is 5.73 Å². The Bertz CT molecular complexity index is 355. The molecule has 0 bridgehead atoms. The standard InChI is InChI=1S/C10H12Cl2N2S/c11-8-4-3-7(6-9(8)12)2-1-5-15-10(13)14/h3-4,6H,1-2,5H2,(H3,13,14). The Labute approximate surface area is 104 Å². The van der Waals surface area contributed by atoms with Crippen LogP contribution in [0.25, 0.3) is 0 Å². The normalized spacial score (nSPS) is 10.3. The first kappa shape index (κ1) is 12.7. The van der Waals surface area contributed by atoms with Crippen LogP contribution in [0.2, 0.25) is 10.0 Å². The number of amidine groups is 1. The second-order valence-electron chi connectivity index (χ2n) is 3.06. The van der Waals surface area contributed by atoms with Gasteiger partial charge in [-0.05, 0) is 30.5 Å². The topological polar surface area (TPSA) is 49.9 Å². The molecule has 0 saturated heterocycles. The number of hydrogen-bond donors (Lipinski definition) is 2. The van der Waals surface area contributed by atoms with Gasteiger partial charge in [0, 0.05) is 5.75 Å². The van der Waals surface area contributed by atoms with Crippen LogP contribution in [-0.2, 0) is 6.42 Å². The van der Waals surface area contributed by atoms with Crippen LogP contribution in [0.4, 0.5) is 0 Å². The van der Waals surface area contributed by atoms with Crippen LogP contribution in [0.3, 0.4) is 0 Å². The van der Waals surface area contributed by atoms with Crippen LogP contribution < -0.4 is 5.73 Å². The van der Waals surface area contributed by atoms with E-state index in [-0.39, 0.29) is 5.17 Å². The summed E-state index contributed by atoms with van der Waals surface area (Å²) in [5, 5.41) is 8.39. The Morgan fingerprint density at radius 2 is 2.07 bits per heavy atom. The SMILES string of the molecule is N=C(N)SCCCc1ccc(Cl)c(Cl)c1. The molecule has 0 aliphatic heterocycles. The quantitative estimate of drug-likeness (QED) is 0.496. The van der Waals surface area contributed by atoms with Gasteiger partial charge in [-0.2, -0.15) is 0 Å². The molecule has 0 fully saturated rings. The summed E-state index contributed by atoms with van der Waals surface area (Å²) in [7, 11) is 0. The van der Waals surface area contributed by atoms with Gasteiger partial charge >= 0.3 is 0 Å². The molecule has 0 atom stereocenters. The zero-order valence-electron chi connectivity index (χ0n) is 8.09. The lowest BCUT2D eigenvalue weighted by atomic mass is 10.1. The molecule has 0 saturated carbocycles. The smallest absolute Gasteiger partial charge is 0.151 e. The van der Waals surface area contributed by atoms with E-state index in [1.807, 2.05) is 12.1 Å². The van der Waals surface area contributed by atoms with Gasteiger partial charge in [-0.3, -0.25) is 5.41 Å². The lowest BCUT2D eigenvalue weighted by Gasteiger charge is -2.02. The van der Waals surface area contributed by atoms with E-state index < -0.39 is 0 Å². The zero-order chi connectivity index (χ0) is 11.3. The summed E-state index contributed by atoms with van der Waals surface area (Å²) >= 11 is 13.0. The van der Waals surface area contributed by atoms with Crippen LogP contribution in [0.5, 0.6) is 0 Å². The van der Waals surface area contributed by atoms with E-state index in [1.165, 1.54) is 11.8 Å². The number of hydrogen-bond acceptors (Lipinski definition) is 2. The number of benzene rings is 1. The fraction of sp³-hybridized carbons (Fsp3) is 0.300. The highest BCUT2D eigenvalue weighted by Crippen LogP contribution is 2.23. The van der Waals surface area contributed by atoms with Gasteiger partial charge in [0.05, 0.1) is 10.0 Å². The molecule has 2 nitrogen and oxygen atoms in total. The molecule has 0 aliphatic rings. The second kappa shape index (κ2) is 6.26. The van der Waals surface area contributed by atoms with Crippen molar-refractivity contribution in [2.45, 2.75) is 12.8 Å². The Hall–Kier alpha value is -0.380. The van der Waals surface area contributed by atoms with Crippen LogP contribution in [0.15, 0.2) is 18.2 Å². The fourth-order valence-electron chi connectivity index (χ4n) is 1.15. The molecule has 1 rings (SSSR count). The highest BCUT2D eigenvalue weighted by Gasteiger charge is 1.99. The first-order valence-corrected chi connectivity index (χ1v) is 6.24. The average Bonchev–Trinajstić information content (AvgIpc) is 2.18. The largest absolute Gasteiger partial charge is 0.379 e. The Balaban J connectivity index is 2.38. The molecule has 0 aromatic heterocycles. The van der Waals surface area contributed by atoms with Gasteiger partial charge in [-0.25, -0.2) is 0 Å². The summed E-state index contributed by atoms with van der Waals surface area (Å²) in [6.07, 6.45) is 1.90. The first-order valence-electron chi connectivity index (χ1n) is 4.50. The number of nitrogens with two attached hydrogens (primary N) is 1. The fourth-order valence-corrected chi connectivity index (χ4v) is 1.98. The van der Waals surface area contributed by atoms with E-state index in [0.29, 0.717) is 10.0 Å². The summed E-state index contributed by atoms with van der Waals surface area (Å²) in [6.45, 7) is 0. The summed E-state index contributed by atoms with van der Waals surface area (Å²) < 4.78 is 0. The van der Waals surface area contributed by atoms with Crippen molar-refractivity contribution < 1.29 is 0 Å². The minimum absolute atomic E-state index is 0.170. The lowest BCUT2D eigenvalue weighted by Crippen LogP contribution is -2.04. The molecule has 1 aromatic carbocycles. The van der Waals surface area contributed by atoms with Crippen molar-refractivity contribution in [1.29, 1.82) is 5.41 Å². The summed E-state index contributed by atoms with van der Waals surface area (Å²) in [6, 6.07) is 5.65. The van der Waals surface area contributed by atoms with Crippen LogP contribution in [0, 0.1) is 5.41 Å². The Kier molecular flexibility index (Phi) is 5.29. The summed E-state index contributed by atoms with van der Waals surface area (Å²) in [5.41, 5.74) is 6.38. The molecular weight excluding hydrogens is 251 g/mol. The molecule has 0 radical (unpaired) electrons. The van der Waals surface area contributed by atoms with Crippen molar-refractivity contribution in [2.75, 3.05) is 5.75 Å². The van der Waals surface area contributed by atoms with Gasteiger partial charge in [0.25, 0.3) is 0 Å². The third-order valence-corrected chi connectivity index (χ3v) is 3.39. The van der Waals surface area contributed by atoms with Crippen LogP contribution in [0.1, 0.15) is 12.0 Å². The predicted octanol–water partition coefficient (Wildman–Crippen LogP) is 3.55. The van der Waals surface area contributed by atoms with Crippen LogP contribution >= 0.6 is 35.0 Å². The van der Waals surface area contributed by atoms with Crippen LogP contribution in [-0.4, -0.2) is 10.9 Å². The van der Waals surface area contributed by atoms with Gasteiger partial charge in [0.1, 0.15) is 0 Å². The first-order chi connectivity index (χ1) is 7.09. The molecule has 1 aromatic rings. The van der Waals surface area contributed by atoms with Crippen molar-refractivity contribution in [3.63, 3.8) is 0 Å². The minimum Gasteiger partial charge on any atom is -0.379 e. The highest BCUT2D eigenvalue weighted by molar-refractivity contribution is 8.13. The molecule has 0 spiro atoms. The molecule has 15 heavy (non-hydrogen) atoms. The molecule has 82 valence electrons. The third-order valence-electron chi connectivity index (χ3n) is 1.85. The van der Waals surface area contributed by atoms with E-state index in [2.05, 4.69) is 0 Å². The molecular formula is C10H12Cl2N2S. The number of thioether (sulfide) groups is 1. The number of aryl methyl sites for hydroxylation is 1. The van der Waals surface area contributed by atoms with Crippen molar-refractivity contribution >= 4 is 40.1 Å². The Morgan fingerprint density at radius 3 is 2.67 bits per heavy atom. The van der Waals surface area contributed by atoms with Crippen molar-refractivity contribution in [3.8, 4) is 0 Å². The van der Waals surface area contributed by atoms with E-state index >= 15 is 0 Å². The maximum Gasteiger partial charge on any atom is 0.151 e. The van der Waals surface area contributed by atoms with E-state index in [1.54, 1.807) is 6.07 Å². The maximum atomic E-state index is 7.04. The molecule has 0 heterocycles. The number of nitrogens with one attached hydrogen (secondary N) is 1. The van der Waals surface area contributed by atoms with E-state index in [0.717, 1.165) is 24.2 Å². The molecule has 0 unspecified atom stereocenters. The maximum absolute atomic E-state index is 7.04. The second-order valence-corrected chi connectivity index (χ2v) is 5.02. The zero-order valence-corrected chi connectivity index (χ0v) is 10.4. The van der Waals surface area contributed by atoms with Gasteiger partial charge in [0.15, 0.2) is 5.17 Å². The monoisotopic (exact) mass is 262 g/mol. The lowest BCUT2D eigenvalue weighted by molar-refractivity contribution is 0.935. The minimum atomic E-state index is 0.170.